The van der Waals surface area contributed by atoms with Crippen LogP contribution in [0.3, 0.4) is 0 Å². The Balaban J connectivity index is 0. The molecule has 0 amide bonds. The fraction of sp³-hybridized carbons (Fsp3) is 0.245. The molecule has 6 aromatic rings. The van der Waals surface area contributed by atoms with Gasteiger partial charge in [-0.05, 0) is 86.6 Å². The summed E-state index contributed by atoms with van der Waals surface area (Å²) in [5, 5.41) is 44.5. The summed E-state index contributed by atoms with van der Waals surface area (Å²) in [4.78, 5) is 49.0. The van der Waals surface area contributed by atoms with Gasteiger partial charge in [-0.2, -0.15) is 52.7 Å². The molecule has 85 heavy (non-hydrogen) atoms. The topological polar surface area (TPSA) is 240 Å². The molecule has 14 nitrogen and oxygen atoms in total. The summed E-state index contributed by atoms with van der Waals surface area (Å²) in [5.74, 6) is -7.07. The van der Waals surface area contributed by atoms with Crippen molar-refractivity contribution in [3.63, 3.8) is 0 Å². The second kappa shape index (κ2) is 37.2. The van der Waals surface area contributed by atoms with Gasteiger partial charge in [0.2, 0.25) is 0 Å². The molecule has 462 valence electrons. The minimum absolute atomic E-state index is 0. The van der Waals surface area contributed by atoms with E-state index in [1.807, 2.05) is 121 Å². The van der Waals surface area contributed by atoms with E-state index in [0.29, 0.717) is 16.0 Å². The quantitative estimate of drug-likeness (QED) is 0.0242. The average Bonchev–Trinajstić information content (AvgIpc) is 3.36. The van der Waals surface area contributed by atoms with Crippen molar-refractivity contribution in [3.05, 3.63) is 181 Å². The number of ether oxygens (including phenoxy) is 2. The van der Waals surface area contributed by atoms with Crippen molar-refractivity contribution in [2.45, 2.75) is 86.6 Å². The summed E-state index contributed by atoms with van der Waals surface area (Å²) in [6.07, 6.45) is -18.8. The van der Waals surface area contributed by atoms with Crippen LogP contribution in [0.25, 0.3) is 0 Å². The number of alkyl halides is 14. The van der Waals surface area contributed by atoms with Gasteiger partial charge in [-0.3, -0.25) is 0 Å². The molecule has 0 bridgehead atoms. The molecule has 0 aromatic heterocycles. The molecule has 0 aliphatic heterocycles. The van der Waals surface area contributed by atoms with Gasteiger partial charge in [0.05, 0.1) is 23.5 Å². The minimum atomic E-state index is -5.19. The molecule has 2 atom stereocenters. The first-order valence-electron chi connectivity index (χ1n) is 22.3. The molecular formula is C53H49Cl2F12NaO14S3. The number of rotatable bonds is 13. The normalized spacial score (nSPS) is 12.5. The first-order valence-corrected chi connectivity index (χ1v) is 27.6. The largest absolute Gasteiger partial charge is 1.00 e. The molecule has 0 aliphatic carbocycles. The summed E-state index contributed by atoms with van der Waals surface area (Å²) in [5.41, 5.74) is -7.24. The number of hydrogen-bond donors (Lipinski definition) is 2. The molecule has 6 aromatic carbocycles. The van der Waals surface area contributed by atoms with Crippen LogP contribution >= 0.6 is 23.2 Å². The van der Waals surface area contributed by atoms with Gasteiger partial charge in [-0.25, -0.2) is 18.0 Å². The SMILES string of the molecule is C.CC(O)(C(=O)[O-])C(F)(F)F.CC(O)(C(=O)[O-])C(F)(F)F.CS(=O)(=O)O[O-].ClCCl.O=C(OCC(F)(F)F)c1ccccc1[S+](c1ccccc1)c1ccccc1.O=C(OCC(F)(F)F)c1ccccc1[S+](c1ccccc1)c1ccccc1.[Na+]. The Kier molecular flexibility index (Phi) is 35.7. The number of aliphatic hydroxyl groups is 2. The van der Waals surface area contributed by atoms with Gasteiger partial charge in [-0.1, -0.05) is 104 Å². The standard InChI is InChI=1S/2C21H16F3O2S.2C4H5F3O3.CH2Cl2.CH4O4S.CH4.Na/c2*22-21(23,24)15-26-20(25)18-13-7-8-14-19(18)27(16-9-3-1-4-10-16)17-11-5-2-6-12-17;2*1-3(10,2(8)9)4(5,6)7;2-1-3;1-6(3,4)5-2;;/h2*1-14H,15H2;2*10H,1H3,(H,8,9);1H2;2H,1H3;1H4;/q2*+1;;;;;;+1/p-3. The Hall–Kier alpha value is -5.57. The van der Waals surface area contributed by atoms with Crippen LogP contribution in [0.4, 0.5) is 52.7 Å². The number of carboxylic acids is 2. The van der Waals surface area contributed by atoms with Gasteiger partial charge >= 0.3 is 66.2 Å². The zero-order chi connectivity index (χ0) is 63.6. The van der Waals surface area contributed by atoms with Crippen molar-refractivity contribution < 1.29 is 149 Å². The third-order valence-corrected chi connectivity index (χ3v) is 14.1. The molecule has 0 heterocycles. The number of benzene rings is 6. The van der Waals surface area contributed by atoms with Crippen LogP contribution in [0.5, 0.6) is 0 Å². The van der Waals surface area contributed by atoms with Gasteiger partial charge < -0.3 is 49.1 Å². The van der Waals surface area contributed by atoms with Crippen LogP contribution in [0.1, 0.15) is 42.0 Å². The molecule has 0 radical (unpaired) electrons. The van der Waals surface area contributed by atoms with Gasteiger partial charge in [0.1, 0.15) is 32.9 Å². The molecule has 0 saturated carbocycles. The Morgan fingerprint density at radius 3 is 0.847 bits per heavy atom. The third kappa shape index (κ3) is 29.1. The van der Waals surface area contributed by atoms with Crippen LogP contribution in [0, 0.1) is 0 Å². The number of hydrogen-bond acceptors (Lipinski definition) is 14. The molecule has 0 spiro atoms. The second-order valence-electron chi connectivity index (χ2n) is 15.8. The van der Waals surface area contributed by atoms with Crippen molar-refractivity contribution >= 4 is 79.0 Å². The Bertz CT molecular complexity index is 2790. The summed E-state index contributed by atoms with van der Waals surface area (Å²) >= 11 is 9.53. The average molecular weight is 1330 g/mol. The van der Waals surface area contributed by atoms with Crippen molar-refractivity contribution in [2.24, 2.45) is 0 Å². The van der Waals surface area contributed by atoms with Crippen LogP contribution in [0.2, 0.25) is 0 Å². The maximum absolute atomic E-state index is 12.4. The molecule has 32 heteroatoms. The zero-order valence-electron chi connectivity index (χ0n) is 43.6. The number of carbonyl (C=O) groups excluding carboxylic acids is 4. The molecule has 0 saturated heterocycles. The summed E-state index contributed by atoms with van der Waals surface area (Å²) < 4.78 is 174. The predicted molar refractivity (Wildman–Crippen MR) is 278 cm³/mol. The van der Waals surface area contributed by atoms with Crippen molar-refractivity contribution in [1.29, 1.82) is 0 Å². The fourth-order valence-corrected chi connectivity index (χ4v) is 9.76. The maximum atomic E-state index is 12.4. The fourth-order valence-electron chi connectivity index (χ4n) is 5.31. The van der Waals surface area contributed by atoms with Crippen LogP contribution in [-0.4, -0.2) is 103 Å². The molecule has 0 fully saturated rings. The smallest absolute Gasteiger partial charge is 0.707 e. The van der Waals surface area contributed by atoms with Crippen LogP contribution in [-0.2, 0) is 55.3 Å². The van der Waals surface area contributed by atoms with Crippen molar-refractivity contribution in [3.8, 4) is 0 Å². The van der Waals surface area contributed by atoms with Crippen LogP contribution in [0.15, 0.2) is 199 Å². The van der Waals surface area contributed by atoms with E-state index in [4.69, 9.17) is 38.7 Å². The number of aliphatic carboxylic acids is 2. The Morgan fingerprint density at radius 2 is 0.682 bits per heavy atom. The van der Waals surface area contributed by atoms with Crippen molar-refractivity contribution in [1.82, 2.24) is 0 Å². The van der Waals surface area contributed by atoms with Gasteiger partial charge in [0, 0.05) is 0 Å². The molecule has 0 aliphatic rings. The van der Waals surface area contributed by atoms with E-state index >= 15 is 0 Å². The van der Waals surface area contributed by atoms with E-state index < -0.39 is 105 Å². The van der Waals surface area contributed by atoms with E-state index in [1.165, 1.54) is 12.1 Å². The monoisotopic (exact) mass is 1330 g/mol. The van der Waals surface area contributed by atoms with E-state index in [0.717, 1.165) is 19.6 Å². The first kappa shape index (κ1) is 81.5. The van der Waals surface area contributed by atoms with E-state index in [1.54, 1.807) is 36.4 Å². The van der Waals surface area contributed by atoms with E-state index in [9.17, 15) is 90.5 Å². The van der Waals surface area contributed by atoms with E-state index in [-0.39, 0.29) is 67.3 Å². The molecule has 2 N–H and O–H groups in total. The third-order valence-electron chi connectivity index (χ3n) is 9.33. The molecular weight excluding hydrogens is 1280 g/mol. The van der Waals surface area contributed by atoms with Gasteiger partial charge in [0.25, 0.3) is 10.1 Å². The number of esters is 2. The number of halogens is 14. The molecule has 6 rings (SSSR count). The van der Waals surface area contributed by atoms with E-state index in [2.05, 4.69) is 13.8 Å². The minimum Gasteiger partial charge on any atom is -0.707 e. The number of carboxylic acid groups (broad SMARTS) is 2. The maximum Gasteiger partial charge on any atom is 1.00 e. The van der Waals surface area contributed by atoms with Gasteiger partial charge in [0.15, 0.2) is 53.8 Å². The Labute approximate surface area is 517 Å². The van der Waals surface area contributed by atoms with Gasteiger partial charge in [-0.15, -0.1) is 23.2 Å². The first-order chi connectivity index (χ1) is 38.3. The zero-order valence-corrected chi connectivity index (χ0v) is 49.6. The predicted octanol–water partition coefficient (Wildman–Crippen LogP) is 6.40. The van der Waals surface area contributed by atoms with Crippen LogP contribution < -0.4 is 45.0 Å². The summed E-state index contributed by atoms with van der Waals surface area (Å²) in [6.45, 7) is -2.99. The summed E-state index contributed by atoms with van der Waals surface area (Å²) in [7, 11) is -5.02. The molecule has 2 unspecified atom stereocenters. The summed E-state index contributed by atoms with van der Waals surface area (Å²) in [6, 6.07) is 51.5. The second-order valence-corrected chi connectivity index (χ2v) is 22.2. The number of carbonyl (C=O) groups is 4. The van der Waals surface area contributed by atoms with Crippen molar-refractivity contribution in [2.75, 3.05) is 24.8 Å². The Morgan fingerprint density at radius 1 is 0.482 bits per heavy atom.